The van der Waals surface area contributed by atoms with Crippen LogP contribution in [0.2, 0.25) is 0 Å². The lowest BCUT2D eigenvalue weighted by Crippen LogP contribution is -2.32. The molecular formula is C19H24N6O. The van der Waals surface area contributed by atoms with Gasteiger partial charge in [0.05, 0.1) is 23.6 Å². The summed E-state index contributed by atoms with van der Waals surface area (Å²) in [6.07, 6.45) is 1.78. The Morgan fingerprint density at radius 1 is 1.19 bits per heavy atom. The van der Waals surface area contributed by atoms with Gasteiger partial charge in [0.1, 0.15) is 5.82 Å². The van der Waals surface area contributed by atoms with E-state index >= 15 is 0 Å². The maximum absolute atomic E-state index is 12.5. The van der Waals surface area contributed by atoms with E-state index in [-0.39, 0.29) is 12.1 Å². The number of hydrogen-bond donors (Lipinski definition) is 2. The number of amides is 2. The molecule has 0 saturated carbocycles. The van der Waals surface area contributed by atoms with Crippen LogP contribution in [0, 0.1) is 20.8 Å². The third-order valence-corrected chi connectivity index (χ3v) is 4.50. The molecule has 3 rings (SSSR count). The molecule has 0 saturated heterocycles. The molecule has 26 heavy (non-hydrogen) atoms. The Morgan fingerprint density at radius 3 is 2.58 bits per heavy atom. The van der Waals surface area contributed by atoms with Crippen LogP contribution < -0.4 is 10.6 Å². The minimum atomic E-state index is -0.282. The highest BCUT2D eigenvalue weighted by molar-refractivity contribution is 5.89. The summed E-state index contributed by atoms with van der Waals surface area (Å²) >= 11 is 0. The fourth-order valence-electron chi connectivity index (χ4n) is 2.94. The zero-order valence-corrected chi connectivity index (χ0v) is 15.7. The summed E-state index contributed by atoms with van der Waals surface area (Å²) in [5.74, 6) is 0.629. The van der Waals surface area contributed by atoms with Gasteiger partial charge in [-0.3, -0.25) is 10.00 Å². The van der Waals surface area contributed by atoms with Gasteiger partial charge in [0.2, 0.25) is 0 Å². The molecule has 0 aliphatic rings. The largest absolute Gasteiger partial charge is 0.331 e. The van der Waals surface area contributed by atoms with Gasteiger partial charge in [-0.15, -0.1) is 0 Å². The second kappa shape index (κ2) is 7.03. The molecular weight excluding hydrogens is 328 g/mol. The average Bonchev–Trinajstić information content (AvgIpc) is 3.10. The zero-order chi connectivity index (χ0) is 18.8. The van der Waals surface area contributed by atoms with Crippen molar-refractivity contribution in [2.75, 3.05) is 5.32 Å². The standard InChI is InChI=1S/C19H24N6O/c1-12-8-6-7-9-17(12)25-18(10-13(2)23-25)22-19(26)21-14(3)16-11-20-24(5)15(16)4/h6-11,14H,1-5H3,(H2,21,22,26). The van der Waals surface area contributed by atoms with Gasteiger partial charge in [0.25, 0.3) is 0 Å². The molecule has 2 aromatic heterocycles. The van der Waals surface area contributed by atoms with E-state index < -0.39 is 0 Å². The number of hydrogen-bond acceptors (Lipinski definition) is 3. The second-order valence-corrected chi connectivity index (χ2v) is 6.50. The normalized spacial score (nSPS) is 12.0. The van der Waals surface area contributed by atoms with Crippen LogP contribution in [0.4, 0.5) is 10.6 Å². The summed E-state index contributed by atoms with van der Waals surface area (Å²) < 4.78 is 3.55. The first-order valence-electron chi connectivity index (χ1n) is 8.55. The molecule has 136 valence electrons. The van der Waals surface area contributed by atoms with Gasteiger partial charge >= 0.3 is 6.03 Å². The second-order valence-electron chi connectivity index (χ2n) is 6.50. The van der Waals surface area contributed by atoms with Crippen molar-refractivity contribution >= 4 is 11.8 Å². The molecule has 2 amide bonds. The van der Waals surface area contributed by atoms with E-state index in [1.54, 1.807) is 15.6 Å². The highest BCUT2D eigenvalue weighted by Crippen LogP contribution is 2.21. The van der Waals surface area contributed by atoms with Crippen molar-refractivity contribution < 1.29 is 4.79 Å². The fraction of sp³-hybridized carbons (Fsp3) is 0.316. The van der Waals surface area contributed by atoms with Gasteiger partial charge in [-0.05, 0) is 39.3 Å². The number of para-hydroxylation sites is 1. The molecule has 7 nitrogen and oxygen atoms in total. The molecule has 0 aliphatic carbocycles. The number of aryl methyl sites for hydroxylation is 3. The summed E-state index contributed by atoms with van der Waals surface area (Å²) in [6, 6.07) is 9.35. The van der Waals surface area contributed by atoms with E-state index in [0.29, 0.717) is 5.82 Å². The van der Waals surface area contributed by atoms with Gasteiger partial charge < -0.3 is 5.32 Å². The van der Waals surface area contributed by atoms with Crippen molar-refractivity contribution in [3.8, 4) is 5.69 Å². The highest BCUT2D eigenvalue weighted by atomic mass is 16.2. The number of carbonyl (C=O) groups is 1. The first kappa shape index (κ1) is 17.7. The van der Waals surface area contributed by atoms with E-state index in [1.807, 2.05) is 65.1 Å². The smallest absolute Gasteiger partial charge is 0.320 e. The Balaban J connectivity index is 1.78. The SMILES string of the molecule is Cc1cc(NC(=O)NC(C)c2cnn(C)c2C)n(-c2ccccc2C)n1. The van der Waals surface area contributed by atoms with Gasteiger partial charge in [-0.2, -0.15) is 10.2 Å². The van der Waals surface area contributed by atoms with Crippen molar-refractivity contribution in [2.45, 2.75) is 33.7 Å². The van der Waals surface area contributed by atoms with Crippen molar-refractivity contribution in [2.24, 2.45) is 7.05 Å². The monoisotopic (exact) mass is 352 g/mol. The number of carbonyl (C=O) groups excluding carboxylic acids is 1. The van der Waals surface area contributed by atoms with Crippen molar-refractivity contribution in [1.82, 2.24) is 24.9 Å². The highest BCUT2D eigenvalue weighted by Gasteiger charge is 2.17. The van der Waals surface area contributed by atoms with E-state index in [2.05, 4.69) is 20.8 Å². The van der Waals surface area contributed by atoms with Crippen LogP contribution in [0.15, 0.2) is 36.5 Å². The molecule has 0 fully saturated rings. The number of benzene rings is 1. The van der Waals surface area contributed by atoms with Crippen molar-refractivity contribution in [3.05, 3.63) is 59.0 Å². The number of rotatable bonds is 4. The van der Waals surface area contributed by atoms with Crippen LogP contribution in [-0.4, -0.2) is 25.6 Å². The first-order chi connectivity index (χ1) is 12.4. The molecule has 0 bridgehead atoms. The molecule has 3 aromatic rings. The van der Waals surface area contributed by atoms with E-state index in [0.717, 1.165) is 28.2 Å². The van der Waals surface area contributed by atoms with Crippen LogP contribution in [0.1, 0.15) is 35.5 Å². The number of urea groups is 1. The molecule has 1 aromatic carbocycles. The minimum absolute atomic E-state index is 0.153. The third-order valence-electron chi connectivity index (χ3n) is 4.50. The molecule has 1 atom stereocenters. The van der Waals surface area contributed by atoms with Crippen LogP contribution >= 0.6 is 0 Å². The number of nitrogens with zero attached hydrogens (tertiary/aromatic N) is 4. The maximum Gasteiger partial charge on any atom is 0.320 e. The van der Waals surface area contributed by atoms with Gasteiger partial charge in [-0.25, -0.2) is 9.48 Å². The lowest BCUT2D eigenvalue weighted by molar-refractivity contribution is 0.249. The van der Waals surface area contributed by atoms with E-state index in [1.165, 1.54) is 0 Å². The fourth-order valence-corrected chi connectivity index (χ4v) is 2.94. The van der Waals surface area contributed by atoms with E-state index in [9.17, 15) is 4.79 Å². The van der Waals surface area contributed by atoms with Crippen LogP contribution in [0.25, 0.3) is 5.69 Å². The molecule has 1 unspecified atom stereocenters. The molecule has 2 N–H and O–H groups in total. The quantitative estimate of drug-likeness (QED) is 0.755. The summed E-state index contributed by atoms with van der Waals surface area (Å²) in [5.41, 5.74) is 4.87. The lowest BCUT2D eigenvalue weighted by atomic mass is 10.1. The van der Waals surface area contributed by atoms with Crippen LogP contribution in [0.3, 0.4) is 0 Å². The average molecular weight is 352 g/mol. The van der Waals surface area contributed by atoms with Crippen molar-refractivity contribution in [3.63, 3.8) is 0 Å². The molecule has 7 heteroatoms. The topological polar surface area (TPSA) is 76.8 Å². The summed E-state index contributed by atoms with van der Waals surface area (Å²) in [6.45, 7) is 7.84. The van der Waals surface area contributed by atoms with Crippen LogP contribution in [0.5, 0.6) is 0 Å². The van der Waals surface area contributed by atoms with E-state index in [4.69, 9.17) is 0 Å². The summed E-state index contributed by atoms with van der Waals surface area (Å²) in [7, 11) is 1.88. The number of anilines is 1. The summed E-state index contributed by atoms with van der Waals surface area (Å²) in [4.78, 5) is 12.5. The predicted molar refractivity (Wildman–Crippen MR) is 102 cm³/mol. The van der Waals surface area contributed by atoms with Crippen molar-refractivity contribution in [1.29, 1.82) is 0 Å². The zero-order valence-electron chi connectivity index (χ0n) is 15.7. The van der Waals surface area contributed by atoms with Crippen LogP contribution in [-0.2, 0) is 7.05 Å². The molecule has 0 aliphatic heterocycles. The minimum Gasteiger partial charge on any atom is -0.331 e. The van der Waals surface area contributed by atoms with Gasteiger partial charge in [-0.1, -0.05) is 18.2 Å². The Morgan fingerprint density at radius 2 is 1.92 bits per heavy atom. The Bertz CT molecular complexity index is 939. The molecule has 0 radical (unpaired) electrons. The summed E-state index contributed by atoms with van der Waals surface area (Å²) in [5, 5.41) is 14.6. The Kier molecular flexibility index (Phi) is 4.79. The molecule has 0 spiro atoms. The Labute approximate surface area is 153 Å². The maximum atomic E-state index is 12.5. The predicted octanol–water partition coefficient (Wildman–Crippen LogP) is 3.41. The Hall–Kier alpha value is -3.09. The first-order valence-corrected chi connectivity index (χ1v) is 8.55. The van der Waals surface area contributed by atoms with Gasteiger partial charge in [0, 0.05) is 24.4 Å². The third kappa shape index (κ3) is 3.46. The lowest BCUT2D eigenvalue weighted by Gasteiger charge is -2.15. The van der Waals surface area contributed by atoms with Gasteiger partial charge in [0.15, 0.2) is 0 Å². The number of nitrogens with one attached hydrogen (secondary N) is 2. The number of aromatic nitrogens is 4. The molecule has 2 heterocycles.